The van der Waals surface area contributed by atoms with Gasteiger partial charge in [-0.25, -0.2) is 4.98 Å². The Labute approximate surface area is 141 Å². The minimum Gasteiger partial charge on any atom is -0.281 e. The Kier molecular flexibility index (Phi) is 5.23. The lowest BCUT2D eigenvalue weighted by Gasteiger charge is -2.31. The van der Waals surface area contributed by atoms with Crippen molar-refractivity contribution in [2.45, 2.75) is 45.1 Å². The first kappa shape index (κ1) is 15.9. The average molecular weight is 326 g/mol. The molecule has 0 bridgehead atoms. The van der Waals surface area contributed by atoms with E-state index in [2.05, 4.69) is 24.0 Å². The largest absolute Gasteiger partial charge is 0.281 e. The van der Waals surface area contributed by atoms with Crippen LogP contribution in [-0.2, 0) is 4.79 Å². The summed E-state index contributed by atoms with van der Waals surface area (Å²) in [6.45, 7) is 2.06. The van der Waals surface area contributed by atoms with Crippen molar-refractivity contribution in [3.8, 4) is 0 Å². The Morgan fingerprint density at radius 2 is 1.96 bits per heavy atom. The second-order valence-electron chi connectivity index (χ2n) is 6.06. The Hall–Kier alpha value is -1.94. The summed E-state index contributed by atoms with van der Waals surface area (Å²) in [5.41, 5.74) is 2.27. The summed E-state index contributed by atoms with van der Waals surface area (Å²) in [4.78, 5) is 19.1. The normalized spacial score (nSPS) is 15.9. The number of anilines is 1. The lowest BCUT2D eigenvalue weighted by molar-refractivity contribution is -0.114. The van der Waals surface area contributed by atoms with E-state index in [1.54, 1.807) is 12.3 Å². The molecule has 1 aromatic heterocycles. The van der Waals surface area contributed by atoms with Gasteiger partial charge in [-0.05, 0) is 31.4 Å². The van der Waals surface area contributed by atoms with Gasteiger partial charge in [0.05, 0.1) is 0 Å². The number of aromatic nitrogens is 1. The monoisotopic (exact) mass is 326 g/mol. The number of nitrogens with zero attached hydrogens (tertiary/aromatic N) is 2. The zero-order chi connectivity index (χ0) is 16.1. The van der Waals surface area contributed by atoms with Crippen LogP contribution in [0.25, 0.3) is 6.08 Å². The third kappa shape index (κ3) is 4.08. The van der Waals surface area contributed by atoms with E-state index in [0.717, 1.165) is 23.5 Å². The van der Waals surface area contributed by atoms with E-state index in [0.29, 0.717) is 0 Å². The van der Waals surface area contributed by atoms with E-state index in [4.69, 9.17) is 0 Å². The third-order valence-electron chi connectivity index (χ3n) is 4.30. The molecule has 0 aliphatic heterocycles. The maximum absolute atomic E-state index is 12.8. The zero-order valence-electron chi connectivity index (χ0n) is 13.4. The van der Waals surface area contributed by atoms with Gasteiger partial charge in [0.15, 0.2) is 5.13 Å². The highest BCUT2D eigenvalue weighted by Gasteiger charge is 2.27. The number of amides is 1. The van der Waals surface area contributed by atoms with E-state index in [-0.39, 0.29) is 11.9 Å². The van der Waals surface area contributed by atoms with Crippen LogP contribution in [0.4, 0.5) is 5.13 Å². The minimum absolute atomic E-state index is 0.0347. The van der Waals surface area contributed by atoms with Crippen molar-refractivity contribution < 1.29 is 4.79 Å². The SMILES string of the molecule is Cc1ccc(/C=C/C(=O)N(c2nccs2)C2CCCCC2)cc1. The maximum atomic E-state index is 12.8. The van der Waals surface area contributed by atoms with Crippen LogP contribution in [0.15, 0.2) is 41.9 Å². The fourth-order valence-electron chi connectivity index (χ4n) is 3.03. The molecule has 0 unspecified atom stereocenters. The summed E-state index contributed by atoms with van der Waals surface area (Å²) in [5.74, 6) is 0.0347. The van der Waals surface area contributed by atoms with Gasteiger partial charge in [0.25, 0.3) is 5.91 Å². The number of carbonyl (C=O) groups is 1. The fraction of sp³-hybridized carbons (Fsp3) is 0.368. The summed E-state index contributed by atoms with van der Waals surface area (Å²) in [6.07, 6.45) is 11.2. The highest BCUT2D eigenvalue weighted by molar-refractivity contribution is 7.13. The molecule has 1 aromatic carbocycles. The van der Waals surface area contributed by atoms with Crippen LogP contribution in [0, 0.1) is 6.92 Å². The number of benzene rings is 1. The summed E-state index contributed by atoms with van der Waals surface area (Å²) < 4.78 is 0. The van der Waals surface area contributed by atoms with Gasteiger partial charge in [-0.15, -0.1) is 11.3 Å². The number of hydrogen-bond acceptors (Lipinski definition) is 3. The van der Waals surface area contributed by atoms with Crippen LogP contribution in [0.3, 0.4) is 0 Å². The molecule has 0 saturated heterocycles. The molecular weight excluding hydrogens is 304 g/mol. The van der Waals surface area contributed by atoms with E-state index in [1.165, 1.54) is 36.2 Å². The molecule has 3 nitrogen and oxygen atoms in total. The Morgan fingerprint density at radius 1 is 1.22 bits per heavy atom. The first-order valence-corrected chi connectivity index (χ1v) is 9.09. The quantitative estimate of drug-likeness (QED) is 0.754. The van der Waals surface area contributed by atoms with Gasteiger partial charge in [-0.2, -0.15) is 0 Å². The molecule has 0 atom stereocenters. The Balaban J connectivity index is 1.78. The standard InChI is InChI=1S/C19H22N2OS/c1-15-7-9-16(10-8-15)11-12-18(22)21(19-20-13-14-23-19)17-5-3-2-4-6-17/h7-14,17H,2-6H2,1H3/b12-11+. The first-order valence-electron chi connectivity index (χ1n) is 8.21. The second kappa shape index (κ2) is 7.55. The van der Waals surface area contributed by atoms with Gasteiger partial charge in [0.1, 0.15) is 0 Å². The molecule has 1 saturated carbocycles. The molecule has 1 fully saturated rings. The molecule has 2 aromatic rings. The van der Waals surface area contributed by atoms with E-state index in [1.807, 2.05) is 28.5 Å². The van der Waals surface area contributed by atoms with Crippen LogP contribution in [0.5, 0.6) is 0 Å². The molecule has 1 amide bonds. The number of aryl methyl sites for hydroxylation is 1. The van der Waals surface area contributed by atoms with Crippen molar-refractivity contribution in [1.29, 1.82) is 0 Å². The molecule has 4 heteroatoms. The van der Waals surface area contributed by atoms with Gasteiger partial charge < -0.3 is 0 Å². The van der Waals surface area contributed by atoms with Crippen LogP contribution >= 0.6 is 11.3 Å². The van der Waals surface area contributed by atoms with Crippen LogP contribution in [0.1, 0.15) is 43.2 Å². The second-order valence-corrected chi connectivity index (χ2v) is 6.93. The number of carbonyl (C=O) groups excluding carboxylic acids is 1. The van der Waals surface area contributed by atoms with Gasteiger partial charge in [-0.3, -0.25) is 9.69 Å². The number of rotatable bonds is 4. The average Bonchev–Trinajstić information content (AvgIpc) is 3.10. The number of hydrogen-bond donors (Lipinski definition) is 0. The lowest BCUT2D eigenvalue weighted by Crippen LogP contribution is -2.40. The summed E-state index contributed by atoms with van der Waals surface area (Å²) in [7, 11) is 0. The van der Waals surface area contributed by atoms with Crippen molar-refractivity contribution in [2.24, 2.45) is 0 Å². The predicted octanol–water partition coefficient (Wildman–Crippen LogP) is 4.83. The van der Waals surface area contributed by atoms with Gasteiger partial charge in [-0.1, -0.05) is 49.1 Å². The van der Waals surface area contributed by atoms with Crippen LogP contribution < -0.4 is 4.90 Å². The molecule has 0 spiro atoms. The lowest BCUT2D eigenvalue weighted by atomic mass is 9.94. The fourth-order valence-corrected chi connectivity index (χ4v) is 3.75. The predicted molar refractivity (Wildman–Crippen MR) is 96.7 cm³/mol. The van der Waals surface area contributed by atoms with Gasteiger partial charge in [0, 0.05) is 23.7 Å². The van der Waals surface area contributed by atoms with Crippen molar-refractivity contribution in [1.82, 2.24) is 4.98 Å². The molecule has 3 rings (SSSR count). The molecule has 0 N–H and O–H groups in total. The molecule has 0 radical (unpaired) electrons. The summed E-state index contributed by atoms with van der Waals surface area (Å²) in [6, 6.07) is 8.47. The van der Waals surface area contributed by atoms with Crippen LogP contribution in [0.2, 0.25) is 0 Å². The third-order valence-corrected chi connectivity index (χ3v) is 5.07. The smallest absolute Gasteiger partial charge is 0.253 e. The topological polar surface area (TPSA) is 33.2 Å². The van der Waals surface area contributed by atoms with E-state index >= 15 is 0 Å². The molecule has 1 aliphatic carbocycles. The highest BCUT2D eigenvalue weighted by atomic mass is 32.1. The summed E-state index contributed by atoms with van der Waals surface area (Å²) >= 11 is 1.54. The number of thiazole rings is 1. The highest BCUT2D eigenvalue weighted by Crippen LogP contribution is 2.29. The molecule has 120 valence electrons. The Morgan fingerprint density at radius 3 is 2.61 bits per heavy atom. The maximum Gasteiger partial charge on any atom is 0.253 e. The first-order chi connectivity index (χ1) is 11.2. The molecule has 1 aliphatic rings. The molecular formula is C19H22N2OS. The van der Waals surface area contributed by atoms with Crippen molar-refractivity contribution >= 4 is 28.5 Å². The zero-order valence-corrected chi connectivity index (χ0v) is 14.3. The van der Waals surface area contributed by atoms with Gasteiger partial charge in [0.2, 0.25) is 0 Å². The van der Waals surface area contributed by atoms with Crippen LogP contribution in [-0.4, -0.2) is 16.9 Å². The molecule has 23 heavy (non-hydrogen) atoms. The molecule has 1 heterocycles. The van der Waals surface area contributed by atoms with Crippen molar-refractivity contribution in [3.05, 3.63) is 53.0 Å². The van der Waals surface area contributed by atoms with Gasteiger partial charge >= 0.3 is 0 Å². The van der Waals surface area contributed by atoms with E-state index < -0.39 is 0 Å². The van der Waals surface area contributed by atoms with E-state index in [9.17, 15) is 4.79 Å². The van der Waals surface area contributed by atoms with Crippen molar-refractivity contribution in [3.63, 3.8) is 0 Å². The van der Waals surface area contributed by atoms with Crippen molar-refractivity contribution in [2.75, 3.05) is 4.90 Å². The summed E-state index contributed by atoms with van der Waals surface area (Å²) in [5, 5.41) is 2.75. The Bertz CT molecular complexity index is 655. The minimum atomic E-state index is 0.0347.